The van der Waals surface area contributed by atoms with E-state index in [-0.39, 0.29) is 11.9 Å². The minimum absolute atomic E-state index is 0.137. The number of carbonyl (C=O) groups is 2. The average Bonchev–Trinajstić information content (AvgIpc) is 2.92. The maximum Gasteiger partial charge on any atom is 0.319 e. The Morgan fingerprint density at radius 1 is 0.949 bits per heavy atom. The Kier molecular flexibility index (Phi) is 11.2. The molecule has 0 aliphatic carbocycles. The molecule has 9 nitrogen and oxygen atoms in total. The molecule has 3 rings (SSSR count). The molecule has 0 atom stereocenters. The minimum atomic E-state index is -0.296. The first kappa shape index (κ1) is 29.6. The van der Waals surface area contributed by atoms with Crippen LogP contribution in [0, 0.1) is 0 Å². The molecule has 2 heterocycles. The van der Waals surface area contributed by atoms with E-state index in [1.54, 1.807) is 12.4 Å². The van der Waals surface area contributed by atoms with Gasteiger partial charge in [0.05, 0.1) is 11.3 Å². The molecule has 0 radical (unpaired) electrons. The van der Waals surface area contributed by atoms with E-state index in [4.69, 9.17) is 4.98 Å². The molecule has 0 saturated carbocycles. The molecule has 4 N–H and O–H groups in total. The van der Waals surface area contributed by atoms with Crippen LogP contribution < -0.4 is 21.3 Å². The van der Waals surface area contributed by atoms with Crippen LogP contribution >= 0.6 is 0 Å². The van der Waals surface area contributed by atoms with Crippen molar-refractivity contribution in [1.29, 1.82) is 0 Å². The van der Waals surface area contributed by atoms with E-state index in [0.29, 0.717) is 48.8 Å². The molecule has 0 spiro atoms. The molecule has 0 fully saturated rings. The van der Waals surface area contributed by atoms with E-state index in [1.807, 2.05) is 55.5 Å². The Balaban J connectivity index is 1.58. The van der Waals surface area contributed by atoms with E-state index < -0.39 is 0 Å². The maximum atomic E-state index is 12.9. The number of hydrogen-bond acceptors (Lipinski definition) is 6. The highest BCUT2D eigenvalue weighted by Gasteiger charge is 2.16. The van der Waals surface area contributed by atoms with Crippen LogP contribution in [-0.2, 0) is 6.54 Å². The van der Waals surface area contributed by atoms with Gasteiger partial charge in [-0.25, -0.2) is 9.78 Å². The zero-order valence-electron chi connectivity index (χ0n) is 23.6. The summed E-state index contributed by atoms with van der Waals surface area (Å²) in [5.74, 6) is 0.415. The van der Waals surface area contributed by atoms with Gasteiger partial charge in [-0.15, -0.1) is 0 Å². The van der Waals surface area contributed by atoms with Crippen molar-refractivity contribution in [3.8, 4) is 11.3 Å². The van der Waals surface area contributed by atoms with Crippen LogP contribution in [0.3, 0.4) is 0 Å². The van der Waals surface area contributed by atoms with Gasteiger partial charge in [-0.3, -0.25) is 14.7 Å². The predicted octanol–water partition coefficient (Wildman–Crippen LogP) is 5.14. The van der Waals surface area contributed by atoms with Gasteiger partial charge in [-0.05, 0) is 76.9 Å². The average molecular weight is 532 g/mol. The van der Waals surface area contributed by atoms with Crippen LogP contribution in [0.25, 0.3) is 11.3 Å². The van der Waals surface area contributed by atoms with Gasteiger partial charge in [-0.2, -0.15) is 0 Å². The van der Waals surface area contributed by atoms with Gasteiger partial charge < -0.3 is 21.3 Å². The summed E-state index contributed by atoms with van der Waals surface area (Å²) < 4.78 is 0. The number of amides is 3. The normalized spacial score (nSPS) is 11.1. The molecule has 39 heavy (non-hydrogen) atoms. The lowest BCUT2D eigenvalue weighted by molar-refractivity contribution is 0.0950. The molecule has 208 valence electrons. The Bertz CT molecular complexity index is 1190. The lowest BCUT2D eigenvalue weighted by Gasteiger charge is -2.30. The van der Waals surface area contributed by atoms with Crippen molar-refractivity contribution in [2.45, 2.75) is 59.7 Å². The quantitative estimate of drug-likeness (QED) is 0.227. The Morgan fingerprint density at radius 3 is 2.33 bits per heavy atom. The van der Waals surface area contributed by atoms with E-state index in [2.05, 4.69) is 58.8 Å². The fraction of sp³-hybridized carbons (Fsp3) is 0.400. The third-order valence-electron chi connectivity index (χ3n) is 6.30. The van der Waals surface area contributed by atoms with E-state index in [1.165, 1.54) is 0 Å². The number of benzene rings is 1. The summed E-state index contributed by atoms with van der Waals surface area (Å²) in [4.78, 5) is 36.4. The SMILES string of the molecule is CCNc1nc(-c2ccc(NC(=O)NCc3cccnc3)cc2)ccc1C(=O)NCCCN(C(C)C)C(C)C. The van der Waals surface area contributed by atoms with Gasteiger partial charge in [0.15, 0.2) is 0 Å². The van der Waals surface area contributed by atoms with E-state index in [9.17, 15) is 9.59 Å². The van der Waals surface area contributed by atoms with Gasteiger partial charge in [0.1, 0.15) is 5.82 Å². The number of rotatable bonds is 13. The molecule has 1 aromatic carbocycles. The molecule has 3 amide bonds. The highest BCUT2D eigenvalue weighted by Crippen LogP contribution is 2.24. The monoisotopic (exact) mass is 531 g/mol. The molecule has 3 aromatic rings. The molecule has 9 heteroatoms. The van der Waals surface area contributed by atoms with Crippen LogP contribution in [0.15, 0.2) is 60.9 Å². The first-order chi connectivity index (χ1) is 18.8. The predicted molar refractivity (Wildman–Crippen MR) is 158 cm³/mol. The van der Waals surface area contributed by atoms with Crippen molar-refractivity contribution in [1.82, 2.24) is 25.5 Å². The molecule has 0 bridgehead atoms. The van der Waals surface area contributed by atoms with Crippen LogP contribution in [0.2, 0.25) is 0 Å². The number of nitrogens with one attached hydrogen (secondary N) is 4. The van der Waals surface area contributed by atoms with Gasteiger partial charge in [0, 0.05) is 61.9 Å². The van der Waals surface area contributed by atoms with Gasteiger partial charge >= 0.3 is 6.03 Å². The second kappa shape index (κ2) is 14.8. The molecule has 0 aliphatic rings. The highest BCUT2D eigenvalue weighted by atomic mass is 16.2. The molecule has 2 aromatic heterocycles. The maximum absolute atomic E-state index is 12.9. The topological polar surface area (TPSA) is 111 Å². The molecular weight excluding hydrogens is 490 g/mol. The van der Waals surface area contributed by atoms with Crippen LogP contribution in [-0.4, -0.2) is 58.5 Å². The standard InChI is InChI=1S/C30H41N7O2/c1-6-32-28-26(29(38)33-17-8-18-37(21(2)3)22(4)5)14-15-27(36-28)24-10-12-25(13-11-24)35-30(39)34-20-23-9-7-16-31-19-23/h7,9-16,19,21-22H,6,8,17-18,20H2,1-5H3,(H,32,36)(H,33,38)(H2,34,35,39). The summed E-state index contributed by atoms with van der Waals surface area (Å²) in [6.07, 6.45) is 4.29. The lowest BCUT2D eigenvalue weighted by Crippen LogP contribution is -2.39. The number of pyridine rings is 2. The van der Waals surface area contributed by atoms with E-state index in [0.717, 1.165) is 29.8 Å². The molecule has 0 unspecified atom stereocenters. The van der Waals surface area contributed by atoms with Crippen molar-refractivity contribution in [2.24, 2.45) is 0 Å². The number of urea groups is 1. The minimum Gasteiger partial charge on any atom is -0.370 e. The van der Waals surface area contributed by atoms with Crippen molar-refractivity contribution in [3.05, 3.63) is 72.1 Å². The van der Waals surface area contributed by atoms with Crippen molar-refractivity contribution in [3.63, 3.8) is 0 Å². The summed E-state index contributed by atoms with van der Waals surface area (Å²) in [6.45, 7) is 13.3. The van der Waals surface area contributed by atoms with Crippen molar-refractivity contribution < 1.29 is 9.59 Å². The summed E-state index contributed by atoms with van der Waals surface area (Å²) in [6, 6.07) is 15.5. The second-order valence-corrected chi connectivity index (χ2v) is 9.90. The third-order valence-corrected chi connectivity index (χ3v) is 6.30. The highest BCUT2D eigenvalue weighted by molar-refractivity contribution is 5.99. The molecule has 0 saturated heterocycles. The second-order valence-electron chi connectivity index (χ2n) is 9.90. The number of nitrogens with zero attached hydrogens (tertiary/aromatic N) is 3. The van der Waals surface area contributed by atoms with Crippen LogP contribution in [0.1, 0.15) is 57.0 Å². The van der Waals surface area contributed by atoms with Gasteiger partial charge in [0.2, 0.25) is 0 Å². The first-order valence-electron chi connectivity index (χ1n) is 13.6. The van der Waals surface area contributed by atoms with Crippen molar-refractivity contribution >= 4 is 23.4 Å². The lowest BCUT2D eigenvalue weighted by atomic mass is 10.1. The van der Waals surface area contributed by atoms with Crippen molar-refractivity contribution in [2.75, 3.05) is 30.3 Å². The molecule has 0 aliphatic heterocycles. The Hall–Kier alpha value is -3.98. The number of anilines is 2. The van der Waals surface area contributed by atoms with Gasteiger partial charge in [-0.1, -0.05) is 18.2 Å². The first-order valence-corrected chi connectivity index (χ1v) is 13.6. The van der Waals surface area contributed by atoms with Crippen LogP contribution in [0.4, 0.5) is 16.3 Å². The smallest absolute Gasteiger partial charge is 0.319 e. The Labute approximate surface area is 231 Å². The summed E-state index contributed by atoms with van der Waals surface area (Å²) in [5, 5.41) is 11.9. The largest absolute Gasteiger partial charge is 0.370 e. The molecular formula is C30H41N7O2. The Morgan fingerprint density at radius 2 is 1.69 bits per heavy atom. The summed E-state index contributed by atoms with van der Waals surface area (Å²) >= 11 is 0. The fourth-order valence-electron chi connectivity index (χ4n) is 4.36. The summed E-state index contributed by atoms with van der Waals surface area (Å²) in [5.41, 5.74) is 3.73. The number of hydrogen-bond donors (Lipinski definition) is 4. The number of aromatic nitrogens is 2. The fourth-order valence-corrected chi connectivity index (χ4v) is 4.36. The van der Waals surface area contributed by atoms with Crippen LogP contribution in [0.5, 0.6) is 0 Å². The van der Waals surface area contributed by atoms with Gasteiger partial charge in [0.25, 0.3) is 5.91 Å². The van der Waals surface area contributed by atoms with E-state index >= 15 is 0 Å². The third kappa shape index (κ3) is 9.07. The zero-order valence-corrected chi connectivity index (χ0v) is 23.6. The zero-order chi connectivity index (χ0) is 28.2. The summed E-state index contributed by atoms with van der Waals surface area (Å²) in [7, 11) is 0. The number of carbonyl (C=O) groups excluding carboxylic acids is 2.